The minimum absolute atomic E-state index is 0.178. The van der Waals surface area contributed by atoms with Crippen LogP contribution in [0.15, 0.2) is 48.5 Å². The molecule has 0 bridgehead atoms. The largest absolute Gasteiger partial charge is 0.370 e. The second-order valence-electron chi connectivity index (χ2n) is 6.24. The molecule has 1 aliphatic heterocycles. The van der Waals surface area contributed by atoms with E-state index < -0.39 is 0 Å². The smallest absolute Gasteiger partial charge is 0.222 e. The SMILES string of the molecule is O=C(CCCc1ccccc1)N1CCOC(c2cc(Cl)cc(Cl)c2)C1. The van der Waals surface area contributed by atoms with Gasteiger partial charge in [0.25, 0.3) is 0 Å². The molecular formula is C20H21Cl2NO2. The van der Waals surface area contributed by atoms with Gasteiger partial charge in [0.1, 0.15) is 6.10 Å². The number of hydrogen-bond donors (Lipinski definition) is 0. The summed E-state index contributed by atoms with van der Waals surface area (Å²) in [5, 5.41) is 1.16. The molecule has 1 amide bonds. The van der Waals surface area contributed by atoms with Gasteiger partial charge in [0.2, 0.25) is 5.91 Å². The Kier molecular flexibility index (Phi) is 6.35. The van der Waals surface area contributed by atoms with Gasteiger partial charge in [0.15, 0.2) is 0 Å². The van der Waals surface area contributed by atoms with Gasteiger partial charge < -0.3 is 9.64 Å². The van der Waals surface area contributed by atoms with Crippen molar-refractivity contribution < 1.29 is 9.53 Å². The van der Waals surface area contributed by atoms with Crippen LogP contribution in [0.3, 0.4) is 0 Å². The standard InChI is InChI=1S/C20H21Cl2NO2/c21-17-11-16(12-18(22)13-17)19-14-23(9-10-25-19)20(24)8-4-7-15-5-2-1-3-6-15/h1-3,5-6,11-13,19H,4,7-10,14H2. The van der Waals surface area contributed by atoms with Crippen molar-refractivity contribution in [2.24, 2.45) is 0 Å². The molecule has 0 aliphatic carbocycles. The molecule has 0 spiro atoms. The maximum Gasteiger partial charge on any atom is 0.222 e. The molecule has 25 heavy (non-hydrogen) atoms. The van der Waals surface area contributed by atoms with Crippen LogP contribution in [0, 0.1) is 0 Å². The monoisotopic (exact) mass is 377 g/mol. The van der Waals surface area contributed by atoms with E-state index in [0.717, 1.165) is 18.4 Å². The zero-order chi connectivity index (χ0) is 17.6. The molecule has 0 N–H and O–H groups in total. The zero-order valence-electron chi connectivity index (χ0n) is 14.0. The third kappa shape index (κ3) is 5.21. The van der Waals surface area contributed by atoms with Crippen molar-refractivity contribution in [2.45, 2.75) is 25.4 Å². The fourth-order valence-corrected chi connectivity index (χ4v) is 3.63. The van der Waals surface area contributed by atoms with Crippen LogP contribution < -0.4 is 0 Å². The predicted octanol–water partition coefficient (Wildman–Crippen LogP) is 4.92. The maximum atomic E-state index is 12.5. The molecule has 5 heteroatoms. The normalized spacial score (nSPS) is 17.5. The van der Waals surface area contributed by atoms with Crippen LogP contribution >= 0.6 is 23.2 Å². The van der Waals surface area contributed by atoms with Crippen LogP contribution in [0.5, 0.6) is 0 Å². The Morgan fingerprint density at radius 3 is 2.56 bits per heavy atom. The Morgan fingerprint density at radius 1 is 1.12 bits per heavy atom. The summed E-state index contributed by atoms with van der Waals surface area (Å²) in [6.45, 7) is 1.70. The van der Waals surface area contributed by atoms with E-state index in [9.17, 15) is 4.79 Å². The first-order valence-electron chi connectivity index (χ1n) is 8.51. The Morgan fingerprint density at radius 2 is 1.84 bits per heavy atom. The molecule has 132 valence electrons. The topological polar surface area (TPSA) is 29.5 Å². The summed E-state index contributed by atoms with van der Waals surface area (Å²) >= 11 is 12.1. The average molecular weight is 378 g/mol. The number of benzene rings is 2. The van der Waals surface area contributed by atoms with E-state index in [1.54, 1.807) is 6.07 Å². The molecule has 0 radical (unpaired) electrons. The minimum Gasteiger partial charge on any atom is -0.370 e. The van der Waals surface area contributed by atoms with Gasteiger partial charge in [-0.05, 0) is 42.2 Å². The number of amides is 1. The molecule has 3 nitrogen and oxygen atoms in total. The van der Waals surface area contributed by atoms with Gasteiger partial charge in [-0.25, -0.2) is 0 Å². The Bertz CT molecular complexity index is 701. The summed E-state index contributed by atoms with van der Waals surface area (Å²) in [7, 11) is 0. The molecule has 1 fully saturated rings. The fraction of sp³-hybridized carbons (Fsp3) is 0.350. The Labute approximate surface area is 158 Å². The van der Waals surface area contributed by atoms with Crippen LogP contribution in [0.4, 0.5) is 0 Å². The van der Waals surface area contributed by atoms with Crippen LogP contribution in [-0.4, -0.2) is 30.5 Å². The van der Waals surface area contributed by atoms with Crippen LogP contribution in [0.2, 0.25) is 10.0 Å². The first-order valence-corrected chi connectivity index (χ1v) is 9.27. The van der Waals surface area contributed by atoms with E-state index in [-0.39, 0.29) is 12.0 Å². The van der Waals surface area contributed by atoms with Gasteiger partial charge in [-0.3, -0.25) is 4.79 Å². The molecule has 1 unspecified atom stereocenters. The van der Waals surface area contributed by atoms with E-state index in [2.05, 4.69) is 12.1 Å². The highest BCUT2D eigenvalue weighted by Crippen LogP contribution is 2.28. The Balaban J connectivity index is 1.54. The first kappa shape index (κ1) is 18.2. The van der Waals surface area contributed by atoms with E-state index in [1.165, 1.54) is 5.56 Å². The predicted molar refractivity (Wildman–Crippen MR) is 101 cm³/mol. The Hall–Kier alpha value is -1.55. The molecule has 0 aromatic heterocycles. The van der Waals surface area contributed by atoms with Crippen molar-refractivity contribution in [2.75, 3.05) is 19.7 Å². The highest BCUT2D eigenvalue weighted by molar-refractivity contribution is 6.34. The number of ether oxygens (including phenoxy) is 1. The van der Waals surface area contributed by atoms with Crippen LogP contribution in [0.25, 0.3) is 0 Å². The van der Waals surface area contributed by atoms with E-state index in [4.69, 9.17) is 27.9 Å². The lowest BCUT2D eigenvalue weighted by molar-refractivity contribution is -0.139. The summed E-state index contributed by atoms with van der Waals surface area (Å²) in [6.07, 6.45) is 2.15. The van der Waals surface area contributed by atoms with Crippen molar-refractivity contribution >= 4 is 29.1 Å². The van der Waals surface area contributed by atoms with Crippen LogP contribution in [-0.2, 0) is 16.0 Å². The lowest BCUT2D eigenvalue weighted by atomic mass is 10.1. The molecule has 3 rings (SSSR count). The first-order chi connectivity index (χ1) is 12.1. The number of rotatable bonds is 5. The molecular weight excluding hydrogens is 357 g/mol. The second-order valence-corrected chi connectivity index (χ2v) is 7.11. The summed E-state index contributed by atoms with van der Waals surface area (Å²) in [5.41, 5.74) is 2.18. The highest BCUT2D eigenvalue weighted by Gasteiger charge is 2.25. The number of halogens is 2. The van der Waals surface area contributed by atoms with Gasteiger partial charge in [-0.15, -0.1) is 0 Å². The summed E-state index contributed by atoms with van der Waals surface area (Å²) in [6, 6.07) is 15.6. The molecule has 1 heterocycles. The van der Waals surface area contributed by atoms with E-state index in [0.29, 0.717) is 36.2 Å². The van der Waals surface area contributed by atoms with E-state index >= 15 is 0 Å². The van der Waals surface area contributed by atoms with Gasteiger partial charge in [0, 0.05) is 23.0 Å². The summed E-state index contributed by atoms with van der Waals surface area (Å²) in [4.78, 5) is 14.4. The number of nitrogens with zero attached hydrogens (tertiary/aromatic N) is 1. The molecule has 1 atom stereocenters. The molecule has 2 aromatic carbocycles. The van der Waals surface area contributed by atoms with Crippen molar-refractivity contribution in [3.05, 3.63) is 69.7 Å². The molecule has 0 saturated carbocycles. The summed E-state index contributed by atoms with van der Waals surface area (Å²) in [5.74, 6) is 0.178. The highest BCUT2D eigenvalue weighted by atomic mass is 35.5. The van der Waals surface area contributed by atoms with Crippen LogP contribution in [0.1, 0.15) is 30.1 Å². The van der Waals surface area contributed by atoms with Crippen molar-refractivity contribution in [1.82, 2.24) is 4.90 Å². The number of morpholine rings is 1. The van der Waals surface area contributed by atoms with Crippen molar-refractivity contribution in [1.29, 1.82) is 0 Å². The molecule has 1 saturated heterocycles. The molecule has 1 aliphatic rings. The lowest BCUT2D eigenvalue weighted by Gasteiger charge is -2.33. The quantitative estimate of drug-likeness (QED) is 0.740. The third-order valence-corrected chi connectivity index (χ3v) is 4.81. The average Bonchev–Trinajstić information content (AvgIpc) is 2.62. The van der Waals surface area contributed by atoms with Gasteiger partial charge in [-0.2, -0.15) is 0 Å². The van der Waals surface area contributed by atoms with Crippen molar-refractivity contribution in [3.8, 4) is 0 Å². The van der Waals surface area contributed by atoms with Gasteiger partial charge >= 0.3 is 0 Å². The number of aryl methyl sites for hydroxylation is 1. The number of carbonyl (C=O) groups excluding carboxylic acids is 1. The van der Waals surface area contributed by atoms with E-state index in [1.807, 2.05) is 35.2 Å². The third-order valence-electron chi connectivity index (χ3n) is 4.37. The van der Waals surface area contributed by atoms with Gasteiger partial charge in [-0.1, -0.05) is 53.5 Å². The van der Waals surface area contributed by atoms with Gasteiger partial charge in [0.05, 0.1) is 13.2 Å². The second kappa shape index (κ2) is 8.70. The summed E-state index contributed by atoms with van der Waals surface area (Å²) < 4.78 is 5.82. The number of carbonyl (C=O) groups is 1. The zero-order valence-corrected chi connectivity index (χ0v) is 15.5. The van der Waals surface area contributed by atoms with Crippen molar-refractivity contribution in [3.63, 3.8) is 0 Å². The minimum atomic E-state index is -0.178. The number of hydrogen-bond acceptors (Lipinski definition) is 2. The fourth-order valence-electron chi connectivity index (χ4n) is 3.09. The maximum absolute atomic E-state index is 12.5. The molecule has 2 aromatic rings. The lowest BCUT2D eigenvalue weighted by Crippen LogP contribution is -2.42.